The molecule has 6 rings (SSSR count). The van der Waals surface area contributed by atoms with E-state index in [0.29, 0.717) is 28.8 Å². The third kappa shape index (κ3) is 5.13. The molecule has 2 bridgehead atoms. The Labute approximate surface area is 225 Å². The number of nitrogens with one attached hydrogen (secondary N) is 2. The molecule has 2 N–H and O–H groups in total. The lowest BCUT2D eigenvalue weighted by Gasteiger charge is -2.45. The van der Waals surface area contributed by atoms with E-state index in [0.717, 1.165) is 48.1 Å². The van der Waals surface area contributed by atoms with Crippen molar-refractivity contribution in [3.63, 3.8) is 0 Å². The van der Waals surface area contributed by atoms with Crippen molar-refractivity contribution in [2.45, 2.75) is 56.0 Å². The fraction of sp³-hybridized carbons (Fsp3) is 0.481. The Morgan fingerprint density at radius 2 is 1.77 bits per heavy atom. The summed E-state index contributed by atoms with van der Waals surface area (Å²) in [7, 11) is 0. The van der Waals surface area contributed by atoms with E-state index in [2.05, 4.69) is 31.5 Å². The van der Waals surface area contributed by atoms with Crippen LogP contribution in [0.4, 0.5) is 0 Å². The number of halogens is 3. The zero-order chi connectivity index (χ0) is 24.7. The minimum Gasteiger partial charge on any atom is -0.350 e. The molecule has 2 aromatic rings. The number of benzene rings is 2. The summed E-state index contributed by atoms with van der Waals surface area (Å²) in [5.41, 5.74) is 1.06. The van der Waals surface area contributed by atoms with E-state index in [1.807, 2.05) is 37.3 Å². The van der Waals surface area contributed by atoms with Crippen LogP contribution in [0.3, 0.4) is 0 Å². The van der Waals surface area contributed by atoms with Crippen LogP contribution in [0.15, 0.2) is 46.9 Å². The largest absolute Gasteiger partial charge is 0.350 e. The molecule has 3 heterocycles. The summed E-state index contributed by atoms with van der Waals surface area (Å²) < 4.78 is 0.972. The Morgan fingerprint density at radius 1 is 1.09 bits per heavy atom. The van der Waals surface area contributed by atoms with Crippen LogP contribution in [-0.4, -0.2) is 48.4 Å². The van der Waals surface area contributed by atoms with Crippen molar-refractivity contribution in [3.8, 4) is 0 Å². The van der Waals surface area contributed by atoms with Gasteiger partial charge in [-0.05, 0) is 80.1 Å². The van der Waals surface area contributed by atoms with E-state index in [4.69, 9.17) is 23.2 Å². The molecular formula is C27H30BrCl2N3O2. The molecule has 5 nitrogen and oxygen atoms in total. The van der Waals surface area contributed by atoms with Gasteiger partial charge in [-0.1, -0.05) is 64.3 Å². The van der Waals surface area contributed by atoms with Crippen LogP contribution < -0.4 is 10.6 Å². The van der Waals surface area contributed by atoms with Crippen LogP contribution in [0.5, 0.6) is 0 Å². The number of carbonyl (C=O) groups excluding carboxylic acids is 2. The summed E-state index contributed by atoms with van der Waals surface area (Å²) >= 11 is 16.1. The monoisotopic (exact) mass is 577 g/mol. The summed E-state index contributed by atoms with van der Waals surface area (Å²) in [6, 6.07) is 12.6. The normalized spacial score (nSPS) is 26.0. The third-order valence-electron chi connectivity index (χ3n) is 8.08. The lowest BCUT2D eigenvalue weighted by Crippen LogP contribution is -2.61. The standard InChI is InChI=1S/C27H30BrCl2N3O2/c1-16(17-2-4-19(28)5-3-17)24(25(34)31-23-15-33-12-8-18(23)9-13-33)32-26(35)27(10-11-27)21-7-6-20(29)14-22(21)30/h2-7,14,16,18,23-24H,8-13,15H2,1H3,(H,31,34)(H,32,35)/t16-,23+,24-/m0/s1. The van der Waals surface area contributed by atoms with Crippen molar-refractivity contribution in [2.24, 2.45) is 5.92 Å². The maximum absolute atomic E-state index is 13.7. The van der Waals surface area contributed by atoms with Crippen LogP contribution in [0.2, 0.25) is 10.0 Å². The second-order valence-electron chi connectivity index (χ2n) is 10.3. The molecule has 3 atom stereocenters. The molecule has 1 saturated carbocycles. The van der Waals surface area contributed by atoms with E-state index in [-0.39, 0.29) is 23.8 Å². The van der Waals surface area contributed by atoms with E-state index < -0.39 is 11.5 Å². The summed E-state index contributed by atoms with van der Waals surface area (Å²) in [6.45, 7) is 5.10. The van der Waals surface area contributed by atoms with Gasteiger partial charge in [-0.15, -0.1) is 0 Å². The fourth-order valence-electron chi connectivity index (χ4n) is 5.68. The lowest BCUT2D eigenvalue weighted by atomic mass is 9.83. The van der Waals surface area contributed by atoms with Gasteiger partial charge in [-0.25, -0.2) is 0 Å². The second-order valence-corrected chi connectivity index (χ2v) is 12.0. The van der Waals surface area contributed by atoms with Crippen molar-refractivity contribution < 1.29 is 9.59 Å². The number of carbonyl (C=O) groups is 2. The zero-order valence-electron chi connectivity index (χ0n) is 19.7. The summed E-state index contributed by atoms with van der Waals surface area (Å²) in [4.78, 5) is 29.8. The average molecular weight is 579 g/mol. The highest BCUT2D eigenvalue weighted by molar-refractivity contribution is 9.10. The van der Waals surface area contributed by atoms with Crippen molar-refractivity contribution in [1.29, 1.82) is 0 Å². The number of amides is 2. The first-order valence-electron chi connectivity index (χ1n) is 12.3. The highest BCUT2D eigenvalue weighted by Crippen LogP contribution is 2.51. The Hall–Kier alpha value is -1.60. The Kier molecular flexibility index (Phi) is 7.19. The maximum atomic E-state index is 13.7. The van der Waals surface area contributed by atoms with Gasteiger partial charge >= 0.3 is 0 Å². The summed E-state index contributed by atoms with van der Waals surface area (Å²) in [5.74, 6) is 0.0285. The molecule has 2 aromatic carbocycles. The van der Waals surface area contributed by atoms with Crippen LogP contribution in [0.1, 0.15) is 49.7 Å². The molecule has 1 aliphatic carbocycles. The van der Waals surface area contributed by atoms with Gasteiger partial charge in [-0.2, -0.15) is 0 Å². The molecule has 35 heavy (non-hydrogen) atoms. The van der Waals surface area contributed by atoms with Gasteiger partial charge in [-0.3, -0.25) is 9.59 Å². The number of piperidine rings is 3. The molecule has 8 heteroatoms. The van der Waals surface area contributed by atoms with Gasteiger partial charge in [0.15, 0.2) is 0 Å². The van der Waals surface area contributed by atoms with Gasteiger partial charge in [0.2, 0.25) is 11.8 Å². The smallest absolute Gasteiger partial charge is 0.243 e. The highest BCUT2D eigenvalue weighted by atomic mass is 79.9. The van der Waals surface area contributed by atoms with E-state index in [1.54, 1.807) is 12.1 Å². The number of nitrogens with zero attached hydrogens (tertiary/aromatic N) is 1. The van der Waals surface area contributed by atoms with Crippen LogP contribution in [-0.2, 0) is 15.0 Å². The molecular weight excluding hydrogens is 549 g/mol. The molecule has 0 spiro atoms. The van der Waals surface area contributed by atoms with Crippen molar-refractivity contribution in [2.75, 3.05) is 19.6 Å². The first-order valence-corrected chi connectivity index (χ1v) is 13.9. The van der Waals surface area contributed by atoms with Crippen LogP contribution in [0.25, 0.3) is 0 Å². The molecule has 4 fully saturated rings. The molecule has 3 aliphatic heterocycles. The van der Waals surface area contributed by atoms with Crippen molar-refractivity contribution >= 4 is 50.9 Å². The van der Waals surface area contributed by atoms with E-state index in [1.165, 1.54) is 0 Å². The number of rotatable bonds is 7. The van der Waals surface area contributed by atoms with Gasteiger partial charge in [0.1, 0.15) is 6.04 Å². The quantitative estimate of drug-likeness (QED) is 0.469. The molecule has 2 amide bonds. The van der Waals surface area contributed by atoms with Crippen molar-refractivity contribution in [3.05, 3.63) is 68.1 Å². The SMILES string of the molecule is C[C@@H](c1ccc(Br)cc1)[C@H](NC(=O)C1(c2ccc(Cl)cc2Cl)CC1)C(=O)N[C@@H]1CN2CCC1CC2. The molecule has 4 aliphatic rings. The topological polar surface area (TPSA) is 61.4 Å². The van der Waals surface area contributed by atoms with Gasteiger partial charge in [0.05, 0.1) is 5.41 Å². The van der Waals surface area contributed by atoms with E-state index >= 15 is 0 Å². The minimum atomic E-state index is -0.713. The molecule has 0 aromatic heterocycles. The zero-order valence-corrected chi connectivity index (χ0v) is 22.8. The summed E-state index contributed by atoms with van der Waals surface area (Å²) in [6.07, 6.45) is 3.62. The third-order valence-corrected chi connectivity index (χ3v) is 9.16. The predicted octanol–water partition coefficient (Wildman–Crippen LogP) is 5.29. The molecule has 186 valence electrons. The predicted molar refractivity (Wildman–Crippen MR) is 143 cm³/mol. The van der Waals surface area contributed by atoms with Gasteiger partial charge in [0.25, 0.3) is 0 Å². The number of hydrogen-bond acceptors (Lipinski definition) is 3. The van der Waals surface area contributed by atoms with Crippen LogP contribution >= 0.6 is 39.1 Å². The Morgan fingerprint density at radius 3 is 2.34 bits per heavy atom. The van der Waals surface area contributed by atoms with Crippen molar-refractivity contribution in [1.82, 2.24) is 15.5 Å². The van der Waals surface area contributed by atoms with Gasteiger partial charge in [0, 0.05) is 33.0 Å². The first-order chi connectivity index (χ1) is 16.8. The molecule has 0 unspecified atom stereocenters. The molecule has 3 saturated heterocycles. The molecule has 0 radical (unpaired) electrons. The first kappa shape index (κ1) is 25.1. The summed E-state index contributed by atoms with van der Waals surface area (Å²) in [5, 5.41) is 7.46. The average Bonchev–Trinajstić information content (AvgIpc) is 3.65. The fourth-order valence-corrected chi connectivity index (χ4v) is 6.53. The van der Waals surface area contributed by atoms with Crippen LogP contribution in [0, 0.1) is 5.92 Å². The van der Waals surface area contributed by atoms with E-state index in [9.17, 15) is 9.59 Å². The Balaban J connectivity index is 1.39. The number of fused-ring (bicyclic) bond motifs is 3. The lowest BCUT2D eigenvalue weighted by molar-refractivity contribution is -0.131. The number of hydrogen-bond donors (Lipinski definition) is 2. The highest BCUT2D eigenvalue weighted by Gasteiger charge is 2.53. The Bertz CT molecular complexity index is 1110. The maximum Gasteiger partial charge on any atom is 0.243 e. The minimum absolute atomic E-state index is 0.120. The second kappa shape index (κ2) is 10.0. The van der Waals surface area contributed by atoms with Gasteiger partial charge < -0.3 is 15.5 Å².